The number of methoxy groups -OCH3 is 3. The maximum Gasteiger partial charge on any atom is 0.217 e. The topological polar surface area (TPSA) is 88.2 Å². The molecule has 2 heterocycles. The van der Waals surface area contributed by atoms with E-state index in [9.17, 15) is 0 Å². The SMILES string of the molecule is CCCC1=NC=C(Cc2cc3cc(OC)ccc3nc2OCCN)C2C=C(OC)C(OC)=CC12. The number of aromatic nitrogens is 1. The quantitative estimate of drug-likeness (QED) is 0.555. The Labute approximate surface area is 201 Å². The second kappa shape index (κ2) is 10.7. The standard InChI is InChI=1S/C27H33N3O4/c1-5-6-24-22-15-26(33-4)25(32-3)14-21(22)19(16-29-24)12-18-11-17-13-20(31-2)7-8-23(17)30-27(18)34-10-9-28/h7-8,11,13-16,21-22H,5-6,9-10,12,28H2,1-4H3. The molecule has 1 aromatic heterocycles. The molecule has 34 heavy (non-hydrogen) atoms. The lowest BCUT2D eigenvalue weighted by molar-refractivity contribution is 0.210. The number of rotatable bonds is 10. The predicted octanol–water partition coefficient (Wildman–Crippen LogP) is 4.57. The molecule has 1 aliphatic heterocycles. The fourth-order valence-corrected chi connectivity index (χ4v) is 4.60. The van der Waals surface area contributed by atoms with Gasteiger partial charge in [-0.05, 0) is 48.4 Å². The lowest BCUT2D eigenvalue weighted by Gasteiger charge is -2.33. The van der Waals surface area contributed by atoms with Gasteiger partial charge in [0.1, 0.15) is 12.4 Å². The Morgan fingerprint density at radius 1 is 0.971 bits per heavy atom. The summed E-state index contributed by atoms with van der Waals surface area (Å²) in [6.07, 6.45) is 8.92. The van der Waals surface area contributed by atoms with Crippen LogP contribution in [0.4, 0.5) is 0 Å². The number of benzene rings is 1. The van der Waals surface area contributed by atoms with E-state index in [1.54, 1.807) is 21.3 Å². The monoisotopic (exact) mass is 463 g/mol. The summed E-state index contributed by atoms with van der Waals surface area (Å²) in [6, 6.07) is 7.96. The molecule has 2 unspecified atom stereocenters. The van der Waals surface area contributed by atoms with Crippen LogP contribution in [0.1, 0.15) is 25.3 Å². The second-order valence-corrected chi connectivity index (χ2v) is 8.42. The van der Waals surface area contributed by atoms with Crippen molar-refractivity contribution in [2.24, 2.45) is 22.6 Å². The predicted molar refractivity (Wildman–Crippen MR) is 134 cm³/mol. The van der Waals surface area contributed by atoms with Gasteiger partial charge < -0.3 is 24.7 Å². The van der Waals surface area contributed by atoms with E-state index in [0.29, 0.717) is 25.5 Å². The summed E-state index contributed by atoms with van der Waals surface area (Å²) in [6.45, 7) is 3.00. The van der Waals surface area contributed by atoms with Crippen LogP contribution in [0.2, 0.25) is 0 Å². The van der Waals surface area contributed by atoms with Crippen LogP contribution in [0, 0.1) is 11.8 Å². The van der Waals surface area contributed by atoms with Crippen molar-refractivity contribution in [3.05, 3.63) is 65.3 Å². The highest BCUT2D eigenvalue weighted by atomic mass is 16.5. The Morgan fingerprint density at radius 3 is 2.41 bits per heavy atom. The molecule has 0 spiro atoms. The van der Waals surface area contributed by atoms with Gasteiger partial charge in [0.2, 0.25) is 5.88 Å². The summed E-state index contributed by atoms with van der Waals surface area (Å²) in [4.78, 5) is 9.66. The molecule has 1 aliphatic carbocycles. The molecule has 180 valence electrons. The third kappa shape index (κ3) is 4.80. The number of fused-ring (bicyclic) bond motifs is 2. The number of pyridine rings is 1. The van der Waals surface area contributed by atoms with E-state index in [0.717, 1.165) is 52.3 Å². The van der Waals surface area contributed by atoms with Crippen molar-refractivity contribution in [3.8, 4) is 11.6 Å². The minimum Gasteiger partial charge on any atom is -0.497 e. The van der Waals surface area contributed by atoms with Gasteiger partial charge in [0, 0.05) is 47.7 Å². The summed E-state index contributed by atoms with van der Waals surface area (Å²) >= 11 is 0. The van der Waals surface area contributed by atoms with Gasteiger partial charge in [0.25, 0.3) is 0 Å². The Hall–Kier alpha value is -3.32. The van der Waals surface area contributed by atoms with Crippen LogP contribution in [0.3, 0.4) is 0 Å². The number of hydrogen-bond acceptors (Lipinski definition) is 7. The van der Waals surface area contributed by atoms with E-state index in [4.69, 9.17) is 34.7 Å². The van der Waals surface area contributed by atoms with Crippen LogP contribution in [0.15, 0.2) is 64.7 Å². The zero-order chi connectivity index (χ0) is 24.1. The number of hydrogen-bond donors (Lipinski definition) is 1. The molecule has 7 nitrogen and oxygen atoms in total. The lowest BCUT2D eigenvalue weighted by Crippen LogP contribution is -2.29. The van der Waals surface area contributed by atoms with Gasteiger partial charge in [-0.15, -0.1) is 0 Å². The first-order chi connectivity index (χ1) is 16.6. The molecule has 4 rings (SSSR count). The molecule has 1 aromatic carbocycles. The molecule has 7 heteroatoms. The maximum absolute atomic E-state index is 5.96. The highest BCUT2D eigenvalue weighted by Crippen LogP contribution is 2.40. The molecular weight excluding hydrogens is 430 g/mol. The first kappa shape index (κ1) is 23.8. The highest BCUT2D eigenvalue weighted by molar-refractivity contribution is 5.91. The van der Waals surface area contributed by atoms with Crippen LogP contribution in [-0.4, -0.2) is 45.2 Å². The van der Waals surface area contributed by atoms with Crippen molar-refractivity contribution in [1.29, 1.82) is 0 Å². The smallest absolute Gasteiger partial charge is 0.217 e. The summed E-state index contributed by atoms with van der Waals surface area (Å²) in [7, 11) is 5.01. The molecule has 2 atom stereocenters. The normalized spacial score (nSPS) is 19.4. The van der Waals surface area contributed by atoms with Crippen LogP contribution < -0.4 is 15.2 Å². The third-order valence-corrected chi connectivity index (χ3v) is 6.26. The number of ether oxygens (including phenoxy) is 4. The summed E-state index contributed by atoms with van der Waals surface area (Å²) in [5.41, 5.74) is 9.89. The van der Waals surface area contributed by atoms with E-state index in [1.165, 1.54) is 5.57 Å². The molecule has 0 saturated heterocycles. The molecule has 0 bridgehead atoms. The molecule has 2 aliphatic rings. The fourth-order valence-electron chi connectivity index (χ4n) is 4.60. The van der Waals surface area contributed by atoms with Crippen LogP contribution in [0.25, 0.3) is 10.9 Å². The zero-order valence-corrected chi connectivity index (χ0v) is 20.3. The van der Waals surface area contributed by atoms with Gasteiger partial charge >= 0.3 is 0 Å². The molecule has 2 N–H and O–H groups in total. The van der Waals surface area contributed by atoms with Gasteiger partial charge in [0.05, 0.1) is 26.8 Å². The van der Waals surface area contributed by atoms with Crippen LogP contribution >= 0.6 is 0 Å². The van der Waals surface area contributed by atoms with E-state index in [-0.39, 0.29) is 11.8 Å². The number of nitrogens with two attached hydrogens (primary N) is 1. The molecule has 0 amide bonds. The molecule has 0 saturated carbocycles. The minimum atomic E-state index is 0.122. The molecule has 0 radical (unpaired) electrons. The van der Waals surface area contributed by atoms with Gasteiger partial charge in [-0.3, -0.25) is 4.99 Å². The highest BCUT2D eigenvalue weighted by Gasteiger charge is 2.34. The van der Waals surface area contributed by atoms with Gasteiger partial charge in [0.15, 0.2) is 11.5 Å². The Bertz CT molecular complexity index is 1170. The maximum atomic E-state index is 5.96. The van der Waals surface area contributed by atoms with Crippen molar-refractivity contribution in [1.82, 2.24) is 4.98 Å². The largest absolute Gasteiger partial charge is 0.497 e. The van der Waals surface area contributed by atoms with E-state index < -0.39 is 0 Å². The number of allylic oxidation sites excluding steroid dienone is 3. The van der Waals surface area contributed by atoms with Gasteiger partial charge in [-0.25, -0.2) is 4.98 Å². The molecular formula is C27H33N3O4. The van der Waals surface area contributed by atoms with Crippen molar-refractivity contribution >= 4 is 16.6 Å². The lowest BCUT2D eigenvalue weighted by atomic mass is 9.75. The zero-order valence-electron chi connectivity index (χ0n) is 20.3. The van der Waals surface area contributed by atoms with Crippen molar-refractivity contribution < 1.29 is 18.9 Å². The minimum absolute atomic E-state index is 0.122. The van der Waals surface area contributed by atoms with Gasteiger partial charge in [-0.1, -0.05) is 13.3 Å². The Morgan fingerprint density at radius 2 is 1.74 bits per heavy atom. The molecule has 0 fully saturated rings. The second-order valence-electron chi connectivity index (χ2n) is 8.42. The van der Waals surface area contributed by atoms with E-state index in [2.05, 4.69) is 25.1 Å². The average Bonchev–Trinajstić information content (AvgIpc) is 2.87. The summed E-state index contributed by atoms with van der Waals surface area (Å²) in [5.74, 6) is 3.14. The van der Waals surface area contributed by atoms with Crippen LogP contribution in [-0.2, 0) is 15.9 Å². The van der Waals surface area contributed by atoms with Crippen molar-refractivity contribution in [2.45, 2.75) is 26.2 Å². The van der Waals surface area contributed by atoms with Gasteiger partial charge in [-0.2, -0.15) is 0 Å². The number of nitrogens with zero attached hydrogens (tertiary/aromatic N) is 2. The first-order valence-corrected chi connectivity index (χ1v) is 11.7. The summed E-state index contributed by atoms with van der Waals surface area (Å²) < 4.78 is 22.6. The third-order valence-electron chi connectivity index (χ3n) is 6.26. The average molecular weight is 464 g/mol. The first-order valence-electron chi connectivity index (χ1n) is 11.7. The Kier molecular flexibility index (Phi) is 7.53. The van der Waals surface area contributed by atoms with E-state index >= 15 is 0 Å². The van der Waals surface area contributed by atoms with Crippen LogP contribution in [0.5, 0.6) is 11.6 Å². The van der Waals surface area contributed by atoms with E-state index in [1.807, 2.05) is 24.4 Å². The van der Waals surface area contributed by atoms with Crippen molar-refractivity contribution in [3.63, 3.8) is 0 Å². The molecule has 2 aromatic rings. The Balaban J connectivity index is 1.75. The van der Waals surface area contributed by atoms with Crippen molar-refractivity contribution in [2.75, 3.05) is 34.5 Å². The number of aliphatic imine (C=N–C) groups is 1. The summed E-state index contributed by atoms with van der Waals surface area (Å²) in [5, 5.41) is 0.996. The fraction of sp³-hybridized carbons (Fsp3) is 0.407.